The van der Waals surface area contributed by atoms with Crippen LogP contribution in [0.5, 0.6) is 0 Å². The van der Waals surface area contributed by atoms with Gasteiger partial charge in [-0.25, -0.2) is 0 Å². The fourth-order valence-electron chi connectivity index (χ4n) is 2.89. The zero-order valence-electron chi connectivity index (χ0n) is 13.4. The molecule has 2 unspecified atom stereocenters. The van der Waals surface area contributed by atoms with Gasteiger partial charge in [-0.15, -0.1) is 0 Å². The van der Waals surface area contributed by atoms with Crippen molar-refractivity contribution in [3.63, 3.8) is 0 Å². The Kier molecular flexibility index (Phi) is 4.21. The molecule has 2 atom stereocenters. The number of nitro groups is 1. The van der Waals surface area contributed by atoms with Crippen molar-refractivity contribution in [3.8, 4) is 0 Å². The predicted octanol–water partition coefficient (Wildman–Crippen LogP) is 1.99. The highest BCUT2D eigenvalue weighted by Crippen LogP contribution is 2.32. The van der Waals surface area contributed by atoms with Crippen molar-refractivity contribution in [2.45, 2.75) is 44.8 Å². The maximum Gasteiger partial charge on any atom is 0.293 e. The maximum absolute atomic E-state index is 12.7. The van der Waals surface area contributed by atoms with Gasteiger partial charge in [-0.05, 0) is 38.8 Å². The summed E-state index contributed by atoms with van der Waals surface area (Å²) in [6.45, 7) is 5.38. The lowest BCUT2D eigenvalue weighted by molar-refractivity contribution is -0.384. The lowest BCUT2D eigenvalue weighted by Crippen LogP contribution is -2.57. The number of rotatable bonds is 4. The molecule has 0 aromatic heterocycles. The molecular formula is C16H22N4O3. The molecule has 2 fully saturated rings. The standard InChI is InChI=1S/C16H22N4O3/c1-10-11(2)19(8-7-17-10)16(21)12-3-6-14(18-13-4-5-13)15(9-12)20(22)23/h3,6,9-11,13,17-18H,4-5,7-8H2,1-2H3. The van der Waals surface area contributed by atoms with Crippen LogP contribution in [0.15, 0.2) is 18.2 Å². The van der Waals surface area contributed by atoms with Gasteiger partial charge in [-0.2, -0.15) is 0 Å². The van der Waals surface area contributed by atoms with E-state index in [2.05, 4.69) is 10.6 Å². The minimum Gasteiger partial charge on any atom is -0.377 e. The second-order valence-corrected chi connectivity index (χ2v) is 6.39. The van der Waals surface area contributed by atoms with Crippen molar-refractivity contribution in [1.82, 2.24) is 10.2 Å². The highest BCUT2D eigenvalue weighted by Gasteiger charge is 2.30. The number of hydrogen-bond donors (Lipinski definition) is 2. The fourth-order valence-corrected chi connectivity index (χ4v) is 2.89. The van der Waals surface area contributed by atoms with Gasteiger partial charge in [-0.3, -0.25) is 14.9 Å². The number of amides is 1. The lowest BCUT2D eigenvalue weighted by Gasteiger charge is -2.38. The zero-order valence-corrected chi connectivity index (χ0v) is 13.4. The summed E-state index contributed by atoms with van der Waals surface area (Å²) in [6.07, 6.45) is 2.07. The summed E-state index contributed by atoms with van der Waals surface area (Å²) in [5, 5.41) is 17.8. The Bertz CT molecular complexity index is 630. The van der Waals surface area contributed by atoms with Gasteiger partial charge >= 0.3 is 0 Å². The average Bonchev–Trinajstić information content (AvgIpc) is 3.33. The van der Waals surface area contributed by atoms with E-state index in [1.807, 2.05) is 13.8 Å². The molecule has 1 saturated heterocycles. The SMILES string of the molecule is CC1NCCN(C(=O)c2ccc(NC3CC3)c([N+](=O)[O-])c2)C1C. The average molecular weight is 318 g/mol. The number of carbonyl (C=O) groups is 1. The molecule has 1 aliphatic carbocycles. The number of nitro benzene ring substituents is 1. The molecule has 1 aromatic rings. The topological polar surface area (TPSA) is 87.5 Å². The Morgan fingerprint density at radius 3 is 2.78 bits per heavy atom. The van der Waals surface area contributed by atoms with E-state index in [-0.39, 0.29) is 23.7 Å². The number of benzene rings is 1. The number of carbonyl (C=O) groups excluding carboxylic acids is 1. The Morgan fingerprint density at radius 1 is 1.39 bits per heavy atom. The predicted molar refractivity (Wildman–Crippen MR) is 87.7 cm³/mol. The van der Waals surface area contributed by atoms with Crippen molar-refractivity contribution in [3.05, 3.63) is 33.9 Å². The Balaban J connectivity index is 1.85. The quantitative estimate of drug-likeness (QED) is 0.655. The van der Waals surface area contributed by atoms with E-state index in [1.54, 1.807) is 17.0 Å². The van der Waals surface area contributed by atoms with Crippen LogP contribution in [0.2, 0.25) is 0 Å². The monoisotopic (exact) mass is 318 g/mol. The van der Waals surface area contributed by atoms with Gasteiger partial charge in [0.05, 0.1) is 4.92 Å². The highest BCUT2D eigenvalue weighted by molar-refractivity contribution is 5.96. The van der Waals surface area contributed by atoms with Crippen molar-refractivity contribution in [2.75, 3.05) is 18.4 Å². The third-order valence-corrected chi connectivity index (χ3v) is 4.67. The van der Waals surface area contributed by atoms with Crippen LogP contribution in [-0.2, 0) is 0 Å². The Morgan fingerprint density at radius 2 is 2.13 bits per heavy atom. The summed E-state index contributed by atoms with van der Waals surface area (Å²) in [5.74, 6) is -0.146. The molecule has 0 bridgehead atoms. The number of hydrogen-bond acceptors (Lipinski definition) is 5. The van der Waals surface area contributed by atoms with Gasteiger partial charge in [0.1, 0.15) is 5.69 Å². The number of anilines is 1. The highest BCUT2D eigenvalue weighted by atomic mass is 16.6. The van der Waals surface area contributed by atoms with Gasteiger partial charge in [0.25, 0.3) is 11.6 Å². The molecule has 1 aliphatic heterocycles. The number of piperazine rings is 1. The molecule has 1 heterocycles. The van der Waals surface area contributed by atoms with Gasteiger partial charge in [0.2, 0.25) is 0 Å². The van der Waals surface area contributed by atoms with Crippen molar-refractivity contribution in [2.24, 2.45) is 0 Å². The van der Waals surface area contributed by atoms with E-state index in [0.29, 0.717) is 23.8 Å². The fraction of sp³-hybridized carbons (Fsp3) is 0.562. The summed E-state index contributed by atoms with van der Waals surface area (Å²) in [5.41, 5.74) is 0.841. The van der Waals surface area contributed by atoms with E-state index in [9.17, 15) is 14.9 Å². The van der Waals surface area contributed by atoms with Crippen LogP contribution in [0.3, 0.4) is 0 Å². The third-order valence-electron chi connectivity index (χ3n) is 4.67. The Labute approximate surface area is 135 Å². The minimum absolute atomic E-state index is 0.0291. The Hall–Kier alpha value is -2.15. The second kappa shape index (κ2) is 6.16. The zero-order chi connectivity index (χ0) is 16.6. The van der Waals surface area contributed by atoms with Crippen LogP contribution < -0.4 is 10.6 Å². The van der Waals surface area contributed by atoms with Crippen molar-refractivity contribution < 1.29 is 9.72 Å². The summed E-state index contributed by atoms with van der Waals surface area (Å²) in [7, 11) is 0. The second-order valence-electron chi connectivity index (χ2n) is 6.39. The summed E-state index contributed by atoms with van der Waals surface area (Å²) in [4.78, 5) is 25.4. The summed E-state index contributed by atoms with van der Waals surface area (Å²) in [6, 6.07) is 5.31. The molecule has 2 N–H and O–H groups in total. The molecule has 124 valence electrons. The van der Waals surface area contributed by atoms with E-state index < -0.39 is 4.92 Å². The van der Waals surface area contributed by atoms with E-state index >= 15 is 0 Å². The normalized spacial score (nSPS) is 24.3. The minimum atomic E-state index is -0.425. The molecule has 23 heavy (non-hydrogen) atoms. The third kappa shape index (κ3) is 3.29. The largest absolute Gasteiger partial charge is 0.377 e. The summed E-state index contributed by atoms with van der Waals surface area (Å²) >= 11 is 0. The first-order valence-corrected chi connectivity index (χ1v) is 8.06. The van der Waals surface area contributed by atoms with Gasteiger partial charge < -0.3 is 15.5 Å². The van der Waals surface area contributed by atoms with E-state index in [0.717, 1.165) is 19.4 Å². The summed E-state index contributed by atoms with van der Waals surface area (Å²) < 4.78 is 0. The smallest absolute Gasteiger partial charge is 0.293 e. The molecular weight excluding hydrogens is 296 g/mol. The lowest BCUT2D eigenvalue weighted by atomic mass is 10.0. The van der Waals surface area contributed by atoms with Crippen LogP contribution in [-0.4, -0.2) is 46.9 Å². The molecule has 7 nitrogen and oxygen atoms in total. The van der Waals surface area contributed by atoms with Crippen LogP contribution >= 0.6 is 0 Å². The number of nitrogens with zero attached hydrogens (tertiary/aromatic N) is 2. The van der Waals surface area contributed by atoms with Gasteiger partial charge in [0.15, 0.2) is 0 Å². The van der Waals surface area contributed by atoms with Gasteiger partial charge in [-0.1, -0.05) is 0 Å². The van der Waals surface area contributed by atoms with Gasteiger partial charge in [0, 0.05) is 42.8 Å². The molecule has 1 saturated carbocycles. The number of nitrogens with one attached hydrogen (secondary N) is 2. The first-order valence-electron chi connectivity index (χ1n) is 8.06. The van der Waals surface area contributed by atoms with Crippen LogP contribution in [0.4, 0.5) is 11.4 Å². The van der Waals surface area contributed by atoms with E-state index in [1.165, 1.54) is 6.07 Å². The molecule has 0 spiro atoms. The molecule has 0 radical (unpaired) electrons. The first-order chi connectivity index (χ1) is 11.0. The van der Waals surface area contributed by atoms with Crippen molar-refractivity contribution >= 4 is 17.3 Å². The van der Waals surface area contributed by atoms with Crippen LogP contribution in [0.1, 0.15) is 37.0 Å². The molecule has 1 amide bonds. The van der Waals surface area contributed by atoms with E-state index in [4.69, 9.17) is 0 Å². The van der Waals surface area contributed by atoms with Crippen LogP contribution in [0.25, 0.3) is 0 Å². The van der Waals surface area contributed by atoms with Crippen LogP contribution in [0, 0.1) is 10.1 Å². The molecule has 7 heteroatoms. The maximum atomic E-state index is 12.7. The molecule has 1 aromatic carbocycles. The van der Waals surface area contributed by atoms with Crippen molar-refractivity contribution in [1.29, 1.82) is 0 Å². The molecule has 3 rings (SSSR count). The first kappa shape index (κ1) is 15.7. The molecule has 2 aliphatic rings.